The van der Waals surface area contributed by atoms with Crippen LogP contribution in [0.3, 0.4) is 0 Å². The molecule has 0 aliphatic carbocycles. The predicted molar refractivity (Wildman–Crippen MR) is 86.2 cm³/mol. The molecular formula is C17H33NO3. The molecule has 4 nitrogen and oxygen atoms in total. The standard InChI is InChI=1S/C17H33NO3/c1-5-17(2,18-15-19)14-12-10-8-6-7-9-11-13-16(20-3)21-4/h16H,5-14H2,1-4H3. The Labute approximate surface area is 130 Å². The van der Waals surface area contributed by atoms with E-state index in [1.54, 1.807) is 20.3 Å². The molecule has 0 fully saturated rings. The zero-order valence-corrected chi connectivity index (χ0v) is 14.3. The number of nitrogens with zero attached hydrogens (tertiary/aromatic N) is 1. The molecule has 0 rings (SSSR count). The molecule has 1 atom stereocenters. The summed E-state index contributed by atoms with van der Waals surface area (Å²) in [4.78, 5) is 14.3. The largest absolute Gasteiger partial charge is 0.356 e. The molecule has 4 heteroatoms. The second-order valence-electron chi connectivity index (χ2n) is 5.97. The molecule has 0 saturated carbocycles. The highest BCUT2D eigenvalue weighted by molar-refractivity contribution is 5.34. The zero-order valence-electron chi connectivity index (χ0n) is 14.3. The maximum absolute atomic E-state index is 10.4. The Hall–Kier alpha value is -0.700. The van der Waals surface area contributed by atoms with Crippen molar-refractivity contribution in [1.29, 1.82) is 0 Å². The lowest BCUT2D eigenvalue weighted by Gasteiger charge is -2.20. The molecule has 0 spiro atoms. The Bertz CT molecular complexity index is 286. The van der Waals surface area contributed by atoms with Gasteiger partial charge in [-0.25, -0.2) is 4.79 Å². The van der Waals surface area contributed by atoms with Crippen molar-refractivity contribution in [2.24, 2.45) is 4.99 Å². The first-order chi connectivity index (χ1) is 10.1. The highest BCUT2D eigenvalue weighted by Crippen LogP contribution is 2.23. The second kappa shape index (κ2) is 13.0. The van der Waals surface area contributed by atoms with E-state index >= 15 is 0 Å². The molecule has 0 heterocycles. The number of hydrogen-bond donors (Lipinski definition) is 0. The summed E-state index contributed by atoms with van der Waals surface area (Å²) in [5.41, 5.74) is -0.197. The van der Waals surface area contributed by atoms with Crippen molar-refractivity contribution < 1.29 is 14.3 Å². The van der Waals surface area contributed by atoms with Crippen LogP contribution < -0.4 is 0 Å². The van der Waals surface area contributed by atoms with E-state index < -0.39 is 0 Å². The SMILES string of the molecule is CCC(C)(CCCCCCCCCC(OC)OC)N=C=O. The number of methoxy groups -OCH3 is 2. The number of aliphatic imine (C=N–C) groups is 1. The number of carbonyl (C=O) groups excluding carboxylic acids is 1. The lowest BCUT2D eigenvalue weighted by molar-refractivity contribution is -0.107. The summed E-state index contributed by atoms with van der Waals surface area (Å²) in [5, 5.41) is 0. The van der Waals surface area contributed by atoms with Gasteiger partial charge in [0.1, 0.15) is 0 Å². The van der Waals surface area contributed by atoms with E-state index in [0.717, 1.165) is 32.1 Å². The number of unbranched alkanes of at least 4 members (excludes halogenated alkanes) is 6. The average molecular weight is 299 g/mol. The van der Waals surface area contributed by atoms with Gasteiger partial charge in [-0.1, -0.05) is 45.4 Å². The monoisotopic (exact) mass is 299 g/mol. The van der Waals surface area contributed by atoms with Gasteiger partial charge < -0.3 is 9.47 Å². The first kappa shape index (κ1) is 20.3. The predicted octanol–water partition coefficient (Wildman–Crippen LogP) is 4.62. The third kappa shape index (κ3) is 10.6. The summed E-state index contributed by atoms with van der Waals surface area (Å²) in [5.74, 6) is 0. The number of rotatable bonds is 14. The van der Waals surface area contributed by atoms with Crippen LogP contribution in [0.1, 0.15) is 78.1 Å². The first-order valence-corrected chi connectivity index (χ1v) is 8.26. The summed E-state index contributed by atoms with van der Waals surface area (Å²) < 4.78 is 10.3. The van der Waals surface area contributed by atoms with E-state index in [-0.39, 0.29) is 11.8 Å². The molecule has 1 unspecified atom stereocenters. The van der Waals surface area contributed by atoms with Crippen LogP contribution in [0.4, 0.5) is 0 Å². The normalized spacial score (nSPS) is 14.0. The van der Waals surface area contributed by atoms with E-state index in [1.165, 1.54) is 32.1 Å². The zero-order chi connectivity index (χ0) is 16.0. The van der Waals surface area contributed by atoms with Crippen LogP contribution in [0, 0.1) is 0 Å². The molecular weight excluding hydrogens is 266 g/mol. The fourth-order valence-corrected chi connectivity index (χ4v) is 2.45. The topological polar surface area (TPSA) is 47.9 Å². The van der Waals surface area contributed by atoms with Gasteiger partial charge >= 0.3 is 0 Å². The molecule has 0 aromatic heterocycles. The Morgan fingerprint density at radius 1 is 1.00 bits per heavy atom. The van der Waals surface area contributed by atoms with Gasteiger partial charge in [-0.2, -0.15) is 4.99 Å². The molecule has 21 heavy (non-hydrogen) atoms. The smallest absolute Gasteiger partial charge is 0.235 e. The molecule has 0 saturated heterocycles. The fraction of sp³-hybridized carbons (Fsp3) is 0.941. The van der Waals surface area contributed by atoms with Gasteiger partial charge in [0.05, 0.1) is 5.54 Å². The van der Waals surface area contributed by atoms with Crippen LogP contribution in [0.15, 0.2) is 4.99 Å². The molecule has 0 aromatic carbocycles. The van der Waals surface area contributed by atoms with Crippen LogP contribution >= 0.6 is 0 Å². The molecule has 0 N–H and O–H groups in total. The lowest BCUT2D eigenvalue weighted by Crippen LogP contribution is -2.20. The van der Waals surface area contributed by atoms with Crippen LogP contribution in [0.2, 0.25) is 0 Å². The molecule has 0 bridgehead atoms. The van der Waals surface area contributed by atoms with Crippen LogP contribution in [0.5, 0.6) is 0 Å². The quantitative estimate of drug-likeness (QED) is 0.203. The van der Waals surface area contributed by atoms with Gasteiger partial charge in [0.25, 0.3) is 0 Å². The maximum Gasteiger partial charge on any atom is 0.235 e. The number of hydrogen-bond acceptors (Lipinski definition) is 4. The minimum absolute atomic E-state index is 0.0462. The van der Waals surface area contributed by atoms with Crippen LogP contribution in [0.25, 0.3) is 0 Å². The summed E-state index contributed by atoms with van der Waals surface area (Å²) in [6, 6.07) is 0. The van der Waals surface area contributed by atoms with E-state index in [4.69, 9.17) is 9.47 Å². The summed E-state index contributed by atoms with van der Waals surface area (Å²) in [6.45, 7) is 4.12. The fourth-order valence-electron chi connectivity index (χ4n) is 2.45. The summed E-state index contributed by atoms with van der Waals surface area (Å²) >= 11 is 0. The van der Waals surface area contributed by atoms with E-state index in [9.17, 15) is 4.79 Å². The van der Waals surface area contributed by atoms with Crippen molar-refractivity contribution in [2.45, 2.75) is 89.9 Å². The van der Waals surface area contributed by atoms with Gasteiger partial charge in [0.2, 0.25) is 6.08 Å². The van der Waals surface area contributed by atoms with Crippen molar-refractivity contribution in [3.8, 4) is 0 Å². The minimum Gasteiger partial charge on any atom is -0.356 e. The molecule has 124 valence electrons. The molecule has 0 aromatic rings. The highest BCUT2D eigenvalue weighted by Gasteiger charge is 2.19. The minimum atomic E-state index is -0.197. The van der Waals surface area contributed by atoms with Gasteiger partial charge in [-0.15, -0.1) is 0 Å². The highest BCUT2D eigenvalue weighted by atomic mass is 16.7. The van der Waals surface area contributed by atoms with Crippen molar-refractivity contribution >= 4 is 6.08 Å². The van der Waals surface area contributed by atoms with E-state index in [2.05, 4.69) is 11.9 Å². The Kier molecular flexibility index (Phi) is 12.6. The van der Waals surface area contributed by atoms with E-state index in [0.29, 0.717) is 0 Å². The number of ether oxygens (including phenoxy) is 2. The average Bonchev–Trinajstić information content (AvgIpc) is 2.49. The van der Waals surface area contributed by atoms with Gasteiger partial charge in [-0.3, -0.25) is 0 Å². The second-order valence-corrected chi connectivity index (χ2v) is 5.97. The maximum atomic E-state index is 10.4. The van der Waals surface area contributed by atoms with Gasteiger partial charge in [-0.05, 0) is 32.6 Å². The Morgan fingerprint density at radius 2 is 1.52 bits per heavy atom. The van der Waals surface area contributed by atoms with Crippen molar-refractivity contribution in [1.82, 2.24) is 0 Å². The summed E-state index contributed by atoms with van der Waals surface area (Å²) in [6.07, 6.45) is 13.1. The Balaban J connectivity index is 3.46. The Morgan fingerprint density at radius 3 is 2.00 bits per heavy atom. The van der Waals surface area contributed by atoms with Crippen molar-refractivity contribution in [3.05, 3.63) is 0 Å². The summed E-state index contributed by atoms with van der Waals surface area (Å²) in [7, 11) is 3.37. The lowest BCUT2D eigenvalue weighted by atomic mass is 9.92. The van der Waals surface area contributed by atoms with Crippen molar-refractivity contribution in [2.75, 3.05) is 14.2 Å². The molecule has 0 aliphatic heterocycles. The molecule has 0 aliphatic rings. The first-order valence-electron chi connectivity index (χ1n) is 8.26. The van der Waals surface area contributed by atoms with E-state index in [1.807, 2.05) is 6.92 Å². The van der Waals surface area contributed by atoms with Gasteiger partial charge in [0.15, 0.2) is 6.29 Å². The van der Waals surface area contributed by atoms with Crippen LogP contribution in [-0.2, 0) is 14.3 Å². The van der Waals surface area contributed by atoms with Crippen LogP contribution in [-0.4, -0.2) is 32.1 Å². The van der Waals surface area contributed by atoms with Crippen molar-refractivity contribution in [3.63, 3.8) is 0 Å². The molecule has 0 radical (unpaired) electrons. The van der Waals surface area contributed by atoms with Gasteiger partial charge in [0, 0.05) is 14.2 Å². The third-order valence-corrected chi connectivity index (χ3v) is 4.26. The molecule has 0 amide bonds. The number of isocyanates is 1. The third-order valence-electron chi connectivity index (χ3n) is 4.26.